The fourth-order valence-corrected chi connectivity index (χ4v) is 2.67. The third-order valence-electron chi connectivity index (χ3n) is 4.15. The number of rotatable bonds is 4. The summed E-state index contributed by atoms with van der Waals surface area (Å²) in [5, 5.41) is 11.9. The second kappa shape index (κ2) is 7.54. The largest absolute Gasteiger partial charge is 0.315 e. The Morgan fingerprint density at radius 2 is 1.96 bits per heavy atom. The number of hydrogen-bond acceptors (Lipinski definition) is 4. The van der Waals surface area contributed by atoms with Crippen LogP contribution < -0.4 is 10.9 Å². The summed E-state index contributed by atoms with van der Waals surface area (Å²) in [6, 6.07) is 14.4. The van der Waals surface area contributed by atoms with Crippen LogP contribution in [0, 0.1) is 18.3 Å². The van der Waals surface area contributed by atoms with Crippen molar-refractivity contribution in [3.05, 3.63) is 82.0 Å². The van der Waals surface area contributed by atoms with Gasteiger partial charge in [0.25, 0.3) is 11.5 Å². The van der Waals surface area contributed by atoms with Crippen molar-refractivity contribution in [1.29, 1.82) is 5.26 Å². The second-order valence-electron chi connectivity index (χ2n) is 5.85. The van der Waals surface area contributed by atoms with Crippen LogP contribution in [-0.2, 0) is 11.8 Å². The van der Waals surface area contributed by atoms with E-state index in [2.05, 4.69) is 10.3 Å². The predicted molar refractivity (Wildman–Crippen MR) is 102 cm³/mol. The van der Waals surface area contributed by atoms with Crippen LogP contribution in [0.15, 0.2) is 65.2 Å². The number of benzene rings is 1. The second-order valence-corrected chi connectivity index (χ2v) is 5.85. The van der Waals surface area contributed by atoms with Gasteiger partial charge in [-0.25, -0.2) is 4.68 Å². The lowest BCUT2D eigenvalue weighted by Gasteiger charge is -2.07. The number of pyridine rings is 1. The highest BCUT2D eigenvalue weighted by Crippen LogP contribution is 2.15. The Morgan fingerprint density at radius 3 is 2.59 bits per heavy atom. The van der Waals surface area contributed by atoms with Gasteiger partial charge in [-0.1, -0.05) is 24.3 Å². The minimum atomic E-state index is -0.646. The van der Waals surface area contributed by atoms with Crippen LogP contribution in [0.2, 0.25) is 0 Å². The molecule has 0 unspecified atom stereocenters. The molecule has 0 atom stereocenters. The quantitative estimate of drug-likeness (QED) is 0.572. The highest BCUT2D eigenvalue weighted by molar-refractivity contribution is 6.09. The van der Waals surface area contributed by atoms with Gasteiger partial charge in [0.15, 0.2) is 0 Å². The Bertz CT molecular complexity index is 1100. The van der Waals surface area contributed by atoms with Crippen molar-refractivity contribution in [2.45, 2.75) is 6.92 Å². The molecule has 7 nitrogen and oxygen atoms in total. The van der Waals surface area contributed by atoms with Crippen LogP contribution in [-0.4, -0.2) is 20.3 Å². The molecule has 0 saturated carbocycles. The van der Waals surface area contributed by atoms with Crippen LogP contribution in [0.25, 0.3) is 11.8 Å². The average molecular weight is 359 g/mol. The molecule has 0 saturated heterocycles. The Balaban J connectivity index is 1.97. The molecule has 0 spiro atoms. The van der Waals surface area contributed by atoms with Crippen molar-refractivity contribution >= 4 is 17.7 Å². The Labute approximate surface area is 155 Å². The third kappa shape index (κ3) is 3.55. The molecule has 27 heavy (non-hydrogen) atoms. The minimum Gasteiger partial charge on any atom is -0.315 e. The normalized spacial score (nSPS) is 11.1. The molecule has 3 aromatic rings. The summed E-state index contributed by atoms with van der Waals surface area (Å²) in [4.78, 5) is 29.3. The average Bonchev–Trinajstić information content (AvgIpc) is 2.90. The number of nitrogens with one attached hydrogen (secondary N) is 1. The molecule has 1 amide bonds. The summed E-state index contributed by atoms with van der Waals surface area (Å²) < 4.78 is 3.12. The zero-order chi connectivity index (χ0) is 19.4. The number of carbonyl (C=O) groups excluding carboxylic acids is 1. The summed E-state index contributed by atoms with van der Waals surface area (Å²) >= 11 is 0. The van der Waals surface area contributed by atoms with E-state index in [0.717, 1.165) is 0 Å². The predicted octanol–water partition coefficient (Wildman–Crippen LogP) is 2.43. The molecule has 0 bridgehead atoms. The highest BCUT2D eigenvalue weighted by atomic mass is 16.2. The lowest BCUT2D eigenvalue weighted by atomic mass is 10.1. The number of nitriles is 1. The number of carbonyl (C=O) groups is 1. The van der Waals surface area contributed by atoms with Crippen LogP contribution in [0.4, 0.5) is 5.69 Å². The molecule has 2 aromatic heterocycles. The molecule has 0 fully saturated rings. The zero-order valence-electron chi connectivity index (χ0n) is 14.9. The van der Waals surface area contributed by atoms with E-state index in [1.807, 2.05) is 24.3 Å². The van der Waals surface area contributed by atoms with Crippen LogP contribution in [0.5, 0.6) is 0 Å². The lowest BCUT2D eigenvalue weighted by molar-refractivity contribution is -0.112. The first-order valence-electron chi connectivity index (χ1n) is 8.20. The van der Waals surface area contributed by atoms with E-state index in [-0.39, 0.29) is 16.8 Å². The number of aromatic nitrogens is 3. The fraction of sp³-hybridized carbons (Fsp3) is 0.100. The van der Waals surface area contributed by atoms with Gasteiger partial charge in [0.2, 0.25) is 0 Å². The van der Waals surface area contributed by atoms with E-state index < -0.39 is 5.91 Å². The first kappa shape index (κ1) is 17.9. The standard InChI is InChI=1S/C20H17N5O2/c1-14-18(20(27)25(24(14)2)17-8-4-3-5-9-17)23-19(26)16(12-21)11-15-7-6-10-22-13-15/h3-11,13H,1-2H3,(H,23,26). The van der Waals surface area contributed by atoms with Gasteiger partial charge in [-0.2, -0.15) is 5.26 Å². The monoisotopic (exact) mass is 359 g/mol. The van der Waals surface area contributed by atoms with E-state index in [4.69, 9.17) is 0 Å². The SMILES string of the molecule is Cc1c(NC(=O)C(C#N)=Cc2cccnc2)c(=O)n(-c2ccccc2)n1C. The molecule has 0 radical (unpaired) electrons. The highest BCUT2D eigenvalue weighted by Gasteiger charge is 2.19. The molecule has 3 rings (SSSR count). The maximum atomic E-state index is 12.8. The smallest absolute Gasteiger partial charge is 0.295 e. The van der Waals surface area contributed by atoms with E-state index in [1.54, 1.807) is 55.3 Å². The molecule has 2 heterocycles. The molecule has 0 aliphatic rings. The van der Waals surface area contributed by atoms with Gasteiger partial charge in [0.1, 0.15) is 17.3 Å². The minimum absolute atomic E-state index is 0.114. The Morgan fingerprint density at radius 1 is 1.22 bits per heavy atom. The first-order chi connectivity index (χ1) is 13.0. The van der Waals surface area contributed by atoms with Crippen molar-refractivity contribution in [2.24, 2.45) is 7.05 Å². The molecule has 1 aromatic carbocycles. The van der Waals surface area contributed by atoms with Gasteiger partial charge in [0, 0.05) is 19.4 Å². The van der Waals surface area contributed by atoms with Gasteiger partial charge in [-0.05, 0) is 36.8 Å². The van der Waals surface area contributed by atoms with Crippen molar-refractivity contribution in [1.82, 2.24) is 14.3 Å². The summed E-state index contributed by atoms with van der Waals surface area (Å²) in [6.07, 6.45) is 4.57. The van der Waals surface area contributed by atoms with Gasteiger partial charge in [-0.3, -0.25) is 19.3 Å². The number of anilines is 1. The van der Waals surface area contributed by atoms with E-state index >= 15 is 0 Å². The summed E-state index contributed by atoms with van der Waals surface area (Å²) in [7, 11) is 1.73. The molecule has 7 heteroatoms. The molecular formula is C20H17N5O2. The van der Waals surface area contributed by atoms with Gasteiger partial charge in [0.05, 0.1) is 11.4 Å². The topological polar surface area (TPSA) is 92.7 Å². The molecular weight excluding hydrogens is 342 g/mol. The van der Waals surface area contributed by atoms with E-state index in [9.17, 15) is 14.9 Å². The van der Waals surface area contributed by atoms with Crippen molar-refractivity contribution in [3.8, 4) is 11.8 Å². The molecule has 1 N–H and O–H groups in total. The number of nitrogens with zero attached hydrogens (tertiary/aromatic N) is 4. The van der Waals surface area contributed by atoms with Gasteiger partial charge in [-0.15, -0.1) is 0 Å². The lowest BCUT2D eigenvalue weighted by Crippen LogP contribution is -2.23. The fourth-order valence-electron chi connectivity index (χ4n) is 2.67. The van der Waals surface area contributed by atoms with Crippen LogP contribution in [0.3, 0.4) is 0 Å². The maximum absolute atomic E-state index is 12.8. The summed E-state index contributed by atoms with van der Waals surface area (Å²) in [5.74, 6) is -0.646. The number of hydrogen-bond donors (Lipinski definition) is 1. The molecule has 0 aliphatic heterocycles. The maximum Gasteiger partial charge on any atom is 0.295 e. The van der Waals surface area contributed by atoms with Crippen LogP contribution in [0.1, 0.15) is 11.3 Å². The molecule has 0 aliphatic carbocycles. The van der Waals surface area contributed by atoms with Crippen molar-refractivity contribution < 1.29 is 4.79 Å². The third-order valence-corrected chi connectivity index (χ3v) is 4.15. The van der Waals surface area contributed by atoms with E-state index in [0.29, 0.717) is 16.9 Å². The van der Waals surface area contributed by atoms with Gasteiger partial charge >= 0.3 is 0 Å². The van der Waals surface area contributed by atoms with Crippen LogP contribution >= 0.6 is 0 Å². The van der Waals surface area contributed by atoms with Crippen molar-refractivity contribution in [3.63, 3.8) is 0 Å². The molecule has 134 valence electrons. The summed E-state index contributed by atoms with van der Waals surface area (Å²) in [5.41, 5.74) is 1.54. The first-order valence-corrected chi connectivity index (χ1v) is 8.20. The zero-order valence-corrected chi connectivity index (χ0v) is 14.9. The van der Waals surface area contributed by atoms with Crippen molar-refractivity contribution in [2.75, 3.05) is 5.32 Å². The number of amides is 1. The Hall–Kier alpha value is -3.92. The van der Waals surface area contributed by atoms with E-state index in [1.165, 1.54) is 10.8 Å². The van der Waals surface area contributed by atoms with Gasteiger partial charge < -0.3 is 5.32 Å². The Kier molecular flexibility index (Phi) is 4.99. The number of para-hydroxylation sites is 1. The summed E-state index contributed by atoms with van der Waals surface area (Å²) in [6.45, 7) is 1.73.